The number of amides is 1. The Balaban J connectivity index is 1.79. The van der Waals surface area contributed by atoms with Gasteiger partial charge in [0.15, 0.2) is 0 Å². The molecular formula is C25H32N4O. The van der Waals surface area contributed by atoms with Crippen LogP contribution in [0.3, 0.4) is 0 Å². The summed E-state index contributed by atoms with van der Waals surface area (Å²) < 4.78 is 0. The van der Waals surface area contributed by atoms with Gasteiger partial charge in [-0.15, -0.1) is 0 Å². The number of nitrogens with zero attached hydrogens (tertiary/aromatic N) is 2. The van der Waals surface area contributed by atoms with Crippen molar-refractivity contribution >= 4 is 22.6 Å². The highest BCUT2D eigenvalue weighted by molar-refractivity contribution is 5.86. The van der Waals surface area contributed by atoms with Crippen LogP contribution >= 0.6 is 0 Å². The average molecular weight is 405 g/mol. The molecule has 0 saturated heterocycles. The molecule has 1 aromatic carbocycles. The van der Waals surface area contributed by atoms with E-state index in [0.29, 0.717) is 18.8 Å². The van der Waals surface area contributed by atoms with E-state index in [1.807, 2.05) is 25.1 Å². The third-order valence-electron chi connectivity index (χ3n) is 5.36. The number of hydrogen-bond acceptors (Lipinski definition) is 4. The van der Waals surface area contributed by atoms with Gasteiger partial charge in [-0.2, -0.15) is 0 Å². The summed E-state index contributed by atoms with van der Waals surface area (Å²) in [6.07, 6.45) is 3.31. The lowest BCUT2D eigenvalue weighted by Crippen LogP contribution is -2.32. The molecule has 0 unspecified atom stereocenters. The molecule has 0 saturated carbocycles. The molecule has 0 aliphatic heterocycles. The minimum absolute atomic E-state index is 0.0524. The first kappa shape index (κ1) is 21.8. The zero-order valence-electron chi connectivity index (χ0n) is 18.6. The van der Waals surface area contributed by atoms with E-state index in [9.17, 15) is 4.79 Å². The zero-order chi connectivity index (χ0) is 21.9. The van der Waals surface area contributed by atoms with Crippen molar-refractivity contribution in [1.29, 1.82) is 0 Å². The van der Waals surface area contributed by atoms with E-state index in [0.717, 1.165) is 39.7 Å². The fourth-order valence-electron chi connectivity index (χ4n) is 3.49. The van der Waals surface area contributed by atoms with Crippen molar-refractivity contribution < 1.29 is 4.79 Å². The van der Waals surface area contributed by atoms with Gasteiger partial charge in [0.05, 0.1) is 11.2 Å². The Hall–Kier alpha value is -2.95. The van der Waals surface area contributed by atoms with Crippen LogP contribution in [0.1, 0.15) is 45.2 Å². The van der Waals surface area contributed by atoms with Crippen molar-refractivity contribution in [1.82, 2.24) is 15.3 Å². The molecule has 0 bridgehead atoms. The van der Waals surface area contributed by atoms with Crippen LogP contribution in [0.2, 0.25) is 0 Å². The lowest BCUT2D eigenvalue weighted by Gasteiger charge is -2.19. The Bertz CT molecular complexity index is 1050. The predicted molar refractivity (Wildman–Crippen MR) is 124 cm³/mol. The normalized spacial score (nSPS) is 12.7. The molecule has 3 rings (SSSR count). The van der Waals surface area contributed by atoms with Gasteiger partial charge < -0.3 is 11.1 Å². The lowest BCUT2D eigenvalue weighted by molar-refractivity contribution is -0.124. The lowest BCUT2D eigenvalue weighted by atomic mass is 9.92. The van der Waals surface area contributed by atoms with Crippen LogP contribution in [-0.4, -0.2) is 22.4 Å². The summed E-state index contributed by atoms with van der Waals surface area (Å²) in [4.78, 5) is 21.6. The molecule has 0 aliphatic carbocycles. The zero-order valence-corrected chi connectivity index (χ0v) is 18.6. The first-order chi connectivity index (χ1) is 14.1. The highest BCUT2D eigenvalue weighted by Crippen LogP contribution is 2.27. The van der Waals surface area contributed by atoms with Gasteiger partial charge in [0.2, 0.25) is 5.91 Å². The second kappa shape index (κ2) is 8.82. The number of aromatic nitrogens is 2. The van der Waals surface area contributed by atoms with Crippen molar-refractivity contribution in [3.05, 3.63) is 53.7 Å². The molecule has 0 spiro atoms. The number of anilines is 1. The van der Waals surface area contributed by atoms with Crippen LogP contribution in [-0.2, 0) is 11.2 Å². The van der Waals surface area contributed by atoms with E-state index in [4.69, 9.17) is 5.73 Å². The first-order valence-corrected chi connectivity index (χ1v) is 10.5. The minimum Gasteiger partial charge on any atom is -0.383 e. The topological polar surface area (TPSA) is 80.9 Å². The quantitative estimate of drug-likeness (QED) is 0.611. The molecule has 5 heteroatoms. The number of fused-ring (bicyclic) bond motifs is 1. The number of nitrogens with one attached hydrogen (secondary N) is 1. The predicted octanol–water partition coefficient (Wildman–Crippen LogP) is 4.92. The Morgan fingerprint density at radius 1 is 1.20 bits per heavy atom. The van der Waals surface area contributed by atoms with Crippen LogP contribution in [0.4, 0.5) is 5.82 Å². The molecule has 1 amide bonds. The number of carbonyl (C=O) groups excluding carboxylic acids is 1. The van der Waals surface area contributed by atoms with Gasteiger partial charge in [0.25, 0.3) is 0 Å². The maximum absolute atomic E-state index is 12.5. The fourth-order valence-corrected chi connectivity index (χ4v) is 3.49. The highest BCUT2D eigenvalue weighted by atomic mass is 16.1. The van der Waals surface area contributed by atoms with Crippen molar-refractivity contribution in [3.63, 3.8) is 0 Å². The second-order valence-electron chi connectivity index (χ2n) is 9.32. The summed E-state index contributed by atoms with van der Waals surface area (Å²) in [6.45, 7) is 11.2. The molecule has 0 radical (unpaired) electrons. The molecule has 2 heterocycles. The second-order valence-corrected chi connectivity index (χ2v) is 9.32. The molecule has 30 heavy (non-hydrogen) atoms. The van der Waals surface area contributed by atoms with Gasteiger partial charge in [-0.25, -0.2) is 4.98 Å². The largest absolute Gasteiger partial charge is 0.383 e. The highest BCUT2D eigenvalue weighted by Gasteiger charge is 2.17. The first-order valence-electron chi connectivity index (χ1n) is 10.5. The number of aryl methyl sites for hydroxylation is 1. The van der Waals surface area contributed by atoms with Crippen LogP contribution in [0.25, 0.3) is 22.2 Å². The summed E-state index contributed by atoms with van der Waals surface area (Å²) in [5, 5.41) is 4.05. The van der Waals surface area contributed by atoms with Crippen molar-refractivity contribution in [2.24, 2.45) is 11.3 Å². The van der Waals surface area contributed by atoms with E-state index >= 15 is 0 Å². The molecule has 1 atom stereocenters. The van der Waals surface area contributed by atoms with Crippen LogP contribution in [0, 0.1) is 18.3 Å². The number of rotatable bonds is 6. The summed E-state index contributed by atoms with van der Waals surface area (Å²) in [7, 11) is 0. The monoisotopic (exact) mass is 404 g/mol. The Morgan fingerprint density at radius 3 is 2.67 bits per heavy atom. The van der Waals surface area contributed by atoms with Crippen molar-refractivity contribution in [2.45, 2.75) is 47.5 Å². The Morgan fingerprint density at radius 2 is 1.97 bits per heavy atom. The Labute approximate surface area is 179 Å². The van der Waals surface area contributed by atoms with E-state index in [-0.39, 0.29) is 17.2 Å². The summed E-state index contributed by atoms with van der Waals surface area (Å²) >= 11 is 0. The maximum atomic E-state index is 12.5. The summed E-state index contributed by atoms with van der Waals surface area (Å²) in [5.74, 6) is 0.364. The van der Waals surface area contributed by atoms with E-state index in [1.165, 1.54) is 0 Å². The molecular weight excluding hydrogens is 372 g/mol. The van der Waals surface area contributed by atoms with Crippen LogP contribution < -0.4 is 11.1 Å². The third kappa shape index (κ3) is 5.35. The molecule has 0 fully saturated rings. The van der Waals surface area contributed by atoms with Gasteiger partial charge in [0, 0.05) is 29.6 Å². The van der Waals surface area contributed by atoms with Gasteiger partial charge in [-0.05, 0) is 60.6 Å². The average Bonchev–Trinajstić information content (AvgIpc) is 2.67. The van der Waals surface area contributed by atoms with Crippen LogP contribution in [0.15, 0.2) is 42.6 Å². The van der Waals surface area contributed by atoms with Gasteiger partial charge in [0.1, 0.15) is 5.82 Å². The van der Waals surface area contributed by atoms with Crippen molar-refractivity contribution in [2.75, 3.05) is 12.3 Å². The van der Waals surface area contributed by atoms with Gasteiger partial charge >= 0.3 is 0 Å². The van der Waals surface area contributed by atoms with E-state index < -0.39 is 0 Å². The number of nitrogen functional groups attached to an aromatic ring is 1. The SMILES string of the molecule is Cc1cccnc1-c1ccc2nc(N)c(C[C@@H](C)C(=O)NCCC(C)(C)C)cc2c1. The number of carbonyl (C=O) groups is 1. The maximum Gasteiger partial charge on any atom is 0.223 e. The standard InChI is InChI=1S/C25H32N4O/c1-16-7-6-11-27-22(16)18-8-9-21-19(14-18)15-20(23(26)29-21)13-17(2)24(30)28-12-10-25(3,4)5/h6-9,11,14-15,17H,10,12-13H2,1-5H3,(H2,26,29)(H,28,30)/t17-/m1/s1. The molecule has 3 N–H and O–H groups in total. The number of nitrogens with two attached hydrogens (primary N) is 1. The third-order valence-corrected chi connectivity index (χ3v) is 5.36. The van der Waals surface area contributed by atoms with E-state index in [2.05, 4.69) is 61.2 Å². The van der Waals surface area contributed by atoms with Crippen LogP contribution in [0.5, 0.6) is 0 Å². The number of hydrogen-bond donors (Lipinski definition) is 2. The number of benzene rings is 1. The minimum atomic E-state index is -0.173. The van der Waals surface area contributed by atoms with E-state index in [1.54, 1.807) is 6.20 Å². The summed E-state index contributed by atoms with van der Waals surface area (Å²) in [6, 6.07) is 12.1. The Kier molecular flexibility index (Phi) is 6.40. The molecule has 2 aromatic heterocycles. The summed E-state index contributed by atoms with van der Waals surface area (Å²) in [5.41, 5.74) is 11.3. The molecule has 0 aliphatic rings. The van der Waals surface area contributed by atoms with Gasteiger partial charge in [-0.3, -0.25) is 9.78 Å². The van der Waals surface area contributed by atoms with Crippen molar-refractivity contribution in [3.8, 4) is 11.3 Å². The molecule has 158 valence electrons. The number of pyridine rings is 2. The fraction of sp³-hybridized carbons (Fsp3) is 0.400. The molecule has 5 nitrogen and oxygen atoms in total. The molecule has 3 aromatic rings. The smallest absolute Gasteiger partial charge is 0.223 e. The van der Waals surface area contributed by atoms with Gasteiger partial charge in [-0.1, -0.05) is 39.8 Å².